The van der Waals surface area contributed by atoms with Gasteiger partial charge < -0.3 is 20.4 Å². The molecule has 0 saturated carbocycles. The van der Waals surface area contributed by atoms with Gasteiger partial charge in [-0.05, 0) is 13.3 Å². The molecule has 0 bridgehead atoms. The van der Waals surface area contributed by atoms with Crippen LogP contribution in [0.15, 0.2) is 0 Å². The zero-order valence-electron chi connectivity index (χ0n) is 9.31. The lowest BCUT2D eigenvalue weighted by atomic mass is 10.2. The molecule has 1 unspecified atom stereocenters. The summed E-state index contributed by atoms with van der Waals surface area (Å²) in [6.45, 7) is 4.81. The van der Waals surface area contributed by atoms with Crippen LogP contribution in [0.4, 0.5) is 0 Å². The molecule has 5 nitrogen and oxygen atoms in total. The number of nitrogens with one attached hydrogen (secondary N) is 1. The van der Waals surface area contributed by atoms with E-state index in [1.165, 1.54) is 4.90 Å². The summed E-state index contributed by atoms with van der Waals surface area (Å²) >= 11 is 0. The molecule has 1 fully saturated rings. The van der Waals surface area contributed by atoms with Crippen LogP contribution in [0.3, 0.4) is 0 Å². The number of rotatable bonds is 4. The van der Waals surface area contributed by atoms with Gasteiger partial charge >= 0.3 is 0 Å². The summed E-state index contributed by atoms with van der Waals surface area (Å²) in [6, 6.07) is 0.311. The van der Waals surface area contributed by atoms with Crippen molar-refractivity contribution in [2.75, 3.05) is 19.6 Å². The zero-order chi connectivity index (χ0) is 11.4. The van der Waals surface area contributed by atoms with Crippen LogP contribution in [-0.4, -0.2) is 58.9 Å². The molecule has 1 amide bonds. The molecule has 0 aliphatic carbocycles. The van der Waals surface area contributed by atoms with E-state index in [0.717, 1.165) is 6.42 Å². The smallest absolute Gasteiger partial charge is 0.236 e. The highest BCUT2D eigenvalue weighted by molar-refractivity contribution is 5.78. The normalized spacial score (nSPS) is 28.1. The number of amides is 1. The van der Waals surface area contributed by atoms with E-state index in [-0.39, 0.29) is 25.5 Å². The molecule has 1 aliphatic rings. The van der Waals surface area contributed by atoms with E-state index in [0.29, 0.717) is 6.04 Å². The SMILES string of the molecule is CCC(C)NCC(=O)N1C[C@@H](O)[C@@H](O)C1. The number of carbonyl (C=O) groups is 1. The van der Waals surface area contributed by atoms with Crippen LogP contribution in [0.25, 0.3) is 0 Å². The van der Waals surface area contributed by atoms with Crippen molar-refractivity contribution in [3.63, 3.8) is 0 Å². The van der Waals surface area contributed by atoms with Crippen LogP contribution >= 0.6 is 0 Å². The van der Waals surface area contributed by atoms with Gasteiger partial charge in [0.2, 0.25) is 5.91 Å². The number of hydrogen-bond donors (Lipinski definition) is 3. The number of aliphatic hydroxyl groups excluding tert-OH is 2. The van der Waals surface area contributed by atoms with Gasteiger partial charge in [-0.2, -0.15) is 0 Å². The summed E-state index contributed by atoms with van der Waals surface area (Å²) in [6.07, 6.45) is -0.617. The molecule has 0 aromatic rings. The minimum Gasteiger partial charge on any atom is -0.388 e. The quantitative estimate of drug-likeness (QED) is 0.560. The van der Waals surface area contributed by atoms with Crippen molar-refractivity contribution in [2.24, 2.45) is 0 Å². The van der Waals surface area contributed by atoms with Crippen LogP contribution in [0.5, 0.6) is 0 Å². The highest BCUT2D eigenvalue weighted by atomic mass is 16.3. The molecule has 1 aliphatic heterocycles. The standard InChI is InChI=1S/C10H20N2O3/c1-3-7(2)11-4-10(15)12-5-8(13)9(14)6-12/h7-9,11,13-14H,3-6H2,1-2H3/t7?,8-,9+. The Morgan fingerprint density at radius 2 is 2.00 bits per heavy atom. The Kier molecular flexibility index (Phi) is 4.50. The molecule has 0 spiro atoms. The van der Waals surface area contributed by atoms with Crippen molar-refractivity contribution in [3.05, 3.63) is 0 Å². The fourth-order valence-corrected chi connectivity index (χ4v) is 1.49. The van der Waals surface area contributed by atoms with Gasteiger partial charge in [-0.1, -0.05) is 6.92 Å². The highest BCUT2D eigenvalue weighted by Crippen LogP contribution is 2.09. The predicted octanol–water partition coefficient (Wildman–Crippen LogP) is -1.06. The zero-order valence-corrected chi connectivity index (χ0v) is 9.31. The molecule has 3 N–H and O–H groups in total. The van der Waals surface area contributed by atoms with E-state index >= 15 is 0 Å². The lowest BCUT2D eigenvalue weighted by Gasteiger charge is -2.17. The molecule has 0 aromatic carbocycles. The molecule has 88 valence electrons. The Balaban J connectivity index is 2.29. The van der Waals surface area contributed by atoms with Gasteiger partial charge in [-0.3, -0.25) is 4.79 Å². The Morgan fingerprint density at radius 3 is 2.47 bits per heavy atom. The summed E-state index contributed by atoms with van der Waals surface area (Å²) in [5.41, 5.74) is 0. The fourth-order valence-electron chi connectivity index (χ4n) is 1.49. The van der Waals surface area contributed by atoms with Crippen molar-refractivity contribution in [1.82, 2.24) is 10.2 Å². The van der Waals surface area contributed by atoms with E-state index in [1.807, 2.05) is 13.8 Å². The van der Waals surface area contributed by atoms with E-state index in [4.69, 9.17) is 0 Å². The summed E-state index contributed by atoms with van der Waals surface area (Å²) in [4.78, 5) is 13.1. The first-order valence-electron chi connectivity index (χ1n) is 5.41. The summed E-state index contributed by atoms with van der Waals surface area (Å²) in [5.74, 6) is -0.0640. The molecule has 1 saturated heterocycles. The van der Waals surface area contributed by atoms with E-state index in [9.17, 15) is 15.0 Å². The van der Waals surface area contributed by atoms with Gasteiger partial charge in [-0.15, -0.1) is 0 Å². The topological polar surface area (TPSA) is 72.8 Å². The van der Waals surface area contributed by atoms with Crippen LogP contribution in [0.2, 0.25) is 0 Å². The van der Waals surface area contributed by atoms with Crippen molar-refractivity contribution in [3.8, 4) is 0 Å². The second kappa shape index (κ2) is 5.44. The first kappa shape index (κ1) is 12.4. The third kappa shape index (κ3) is 3.44. The number of β-amino-alcohol motifs (C(OH)–C–C–N with tert-alkyl or cyclic N) is 2. The summed E-state index contributed by atoms with van der Waals surface area (Å²) in [7, 11) is 0. The van der Waals surface area contributed by atoms with Gasteiger partial charge in [0.1, 0.15) is 0 Å². The molecule has 0 aromatic heterocycles. The number of nitrogens with zero attached hydrogens (tertiary/aromatic N) is 1. The first-order chi connectivity index (χ1) is 7.04. The molecule has 15 heavy (non-hydrogen) atoms. The molecular weight excluding hydrogens is 196 g/mol. The minimum absolute atomic E-state index is 0.0640. The second-order valence-electron chi connectivity index (χ2n) is 4.12. The van der Waals surface area contributed by atoms with Crippen LogP contribution in [0, 0.1) is 0 Å². The Morgan fingerprint density at radius 1 is 1.47 bits per heavy atom. The van der Waals surface area contributed by atoms with Crippen molar-refractivity contribution >= 4 is 5.91 Å². The number of carbonyl (C=O) groups excluding carboxylic acids is 1. The lowest BCUT2D eigenvalue weighted by molar-refractivity contribution is -0.129. The van der Waals surface area contributed by atoms with Crippen molar-refractivity contribution < 1.29 is 15.0 Å². The molecule has 0 radical (unpaired) electrons. The van der Waals surface area contributed by atoms with Gasteiger partial charge in [0.05, 0.1) is 18.8 Å². The maximum absolute atomic E-state index is 11.6. The van der Waals surface area contributed by atoms with E-state index < -0.39 is 12.2 Å². The highest BCUT2D eigenvalue weighted by Gasteiger charge is 2.32. The largest absolute Gasteiger partial charge is 0.388 e. The molecule has 3 atom stereocenters. The Hall–Kier alpha value is -0.650. The molecule has 1 heterocycles. The fraction of sp³-hybridized carbons (Fsp3) is 0.900. The molecule has 5 heteroatoms. The maximum Gasteiger partial charge on any atom is 0.236 e. The Labute approximate surface area is 90.1 Å². The van der Waals surface area contributed by atoms with Crippen LogP contribution in [-0.2, 0) is 4.79 Å². The third-order valence-electron chi connectivity index (χ3n) is 2.83. The molecular formula is C10H20N2O3. The third-order valence-corrected chi connectivity index (χ3v) is 2.83. The second-order valence-corrected chi connectivity index (χ2v) is 4.12. The molecule has 1 rings (SSSR count). The van der Waals surface area contributed by atoms with Crippen LogP contribution < -0.4 is 5.32 Å². The van der Waals surface area contributed by atoms with Crippen LogP contribution in [0.1, 0.15) is 20.3 Å². The van der Waals surface area contributed by atoms with Gasteiger partial charge in [0.25, 0.3) is 0 Å². The minimum atomic E-state index is -0.794. The average molecular weight is 216 g/mol. The van der Waals surface area contributed by atoms with Gasteiger partial charge in [-0.25, -0.2) is 0 Å². The number of likely N-dealkylation sites (tertiary alicyclic amines) is 1. The lowest BCUT2D eigenvalue weighted by Crippen LogP contribution is -2.40. The number of aliphatic hydroxyl groups is 2. The van der Waals surface area contributed by atoms with Gasteiger partial charge in [0.15, 0.2) is 0 Å². The average Bonchev–Trinajstić information content (AvgIpc) is 2.55. The Bertz CT molecular complexity index is 213. The summed E-state index contributed by atoms with van der Waals surface area (Å²) in [5, 5.41) is 21.6. The van der Waals surface area contributed by atoms with Gasteiger partial charge in [0, 0.05) is 19.1 Å². The predicted molar refractivity (Wildman–Crippen MR) is 56.3 cm³/mol. The first-order valence-corrected chi connectivity index (χ1v) is 5.41. The summed E-state index contributed by atoms with van der Waals surface area (Å²) < 4.78 is 0. The monoisotopic (exact) mass is 216 g/mol. The van der Waals surface area contributed by atoms with Crippen molar-refractivity contribution in [1.29, 1.82) is 0 Å². The van der Waals surface area contributed by atoms with E-state index in [2.05, 4.69) is 5.32 Å². The van der Waals surface area contributed by atoms with E-state index in [1.54, 1.807) is 0 Å². The maximum atomic E-state index is 11.6. The van der Waals surface area contributed by atoms with Crippen molar-refractivity contribution in [2.45, 2.75) is 38.5 Å². The number of hydrogen-bond acceptors (Lipinski definition) is 4.